The summed E-state index contributed by atoms with van der Waals surface area (Å²) in [5, 5.41) is 9.30. The van der Waals surface area contributed by atoms with Crippen LogP contribution in [0, 0.1) is 11.8 Å². The van der Waals surface area contributed by atoms with Gasteiger partial charge in [-0.15, -0.1) is 0 Å². The van der Waals surface area contributed by atoms with E-state index < -0.39 is 0 Å². The van der Waals surface area contributed by atoms with Crippen LogP contribution in [0.15, 0.2) is 0 Å². The topological polar surface area (TPSA) is 43.8 Å². The summed E-state index contributed by atoms with van der Waals surface area (Å²) >= 11 is 0. The third-order valence-electron chi connectivity index (χ3n) is 5.19. The van der Waals surface area contributed by atoms with Gasteiger partial charge in [0.25, 0.3) is 0 Å². The van der Waals surface area contributed by atoms with Crippen LogP contribution in [-0.2, 0) is 4.79 Å². The average Bonchev–Trinajstić information content (AvgIpc) is 3.30. The molecule has 1 heterocycles. The Morgan fingerprint density at radius 3 is 2.65 bits per heavy atom. The van der Waals surface area contributed by atoms with Gasteiger partial charge >= 0.3 is 0 Å². The van der Waals surface area contributed by atoms with Gasteiger partial charge in [0.2, 0.25) is 5.91 Å². The lowest BCUT2D eigenvalue weighted by molar-refractivity contribution is -0.136. The van der Waals surface area contributed by atoms with Gasteiger partial charge in [-0.05, 0) is 63.8 Å². The number of nitrogens with zero attached hydrogens (tertiary/aromatic N) is 2. The second-order valence-electron chi connectivity index (χ2n) is 7.04. The number of aliphatic hydroxyl groups is 1. The standard InChI is InChI=1S/C16H28N2O2/c1-12(14-4-5-14)18(15-6-7-15)16(20)10-17-8-2-3-13(9-17)11-19/h12-15,19H,2-11H2,1H3. The van der Waals surface area contributed by atoms with E-state index in [1.54, 1.807) is 0 Å². The summed E-state index contributed by atoms with van der Waals surface area (Å²) in [6.07, 6.45) is 7.21. The fourth-order valence-corrected chi connectivity index (χ4v) is 3.64. The molecule has 3 rings (SSSR count). The Morgan fingerprint density at radius 1 is 1.30 bits per heavy atom. The van der Waals surface area contributed by atoms with Gasteiger partial charge in [0.1, 0.15) is 0 Å². The summed E-state index contributed by atoms with van der Waals surface area (Å²) < 4.78 is 0. The van der Waals surface area contributed by atoms with Crippen LogP contribution in [-0.4, -0.2) is 59.1 Å². The number of aliphatic hydroxyl groups excluding tert-OH is 1. The Balaban J connectivity index is 1.56. The summed E-state index contributed by atoms with van der Waals surface area (Å²) in [5.74, 6) is 1.45. The van der Waals surface area contributed by atoms with Crippen LogP contribution < -0.4 is 0 Å². The van der Waals surface area contributed by atoms with Crippen molar-refractivity contribution in [3.8, 4) is 0 Å². The van der Waals surface area contributed by atoms with Crippen molar-refractivity contribution in [2.75, 3.05) is 26.2 Å². The molecule has 1 N–H and O–H groups in total. The minimum Gasteiger partial charge on any atom is -0.396 e. The molecule has 2 atom stereocenters. The summed E-state index contributed by atoms with van der Waals surface area (Å²) in [6.45, 7) is 4.96. The van der Waals surface area contributed by atoms with E-state index in [0.717, 1.165) is 31.8 Å². The van der Waals surface area contributed by atoms with E-state index in [4.69, 9.17) is 0 Å². The molecule has 114 valence electrons. The highest BCUT2D eigenvalue weighted by molar-refractivity contribution is 5.79. The first kappa shape index (κ1) is 14.3. The number of hydrogen-bond acceptors (Lipinski definition) is 3. The van der Waals surface area contributed by atoms with E-state index in [2.05, 4.69) is 16.7 Å². The number of likely N-dealkylation sites (tertiary alicyclic amines) is 1. The zero-order valence-corrected chi connectivity index (χ0v) is 12.6. The zero-order chi connectivity index (χ0) is 14.1. The maximum atomic E-state index is 12.7. The summed E-state index contributed by atoms with van der Waals surface area (Å²) in [4.78, 5) is 17.1. The fraction of sp³-hybridized carbons (Fsp3) is 0.938. The van der Waals surface area contributed by atoms with E-state index >= 15 is 0 Å². The normalized spacial score (nSPS) is 29.2. The average molecular weight is 280 g/mol. The first-order chi connectivity index (χ1) is 9.69. The van der Waals surface area contributed by atoms with Gasteiger partial charge in [0.05, 0.1) is 6.54 Å². The number of carbonyl (C=O) groups is 1. The molecule has 2 saturated carbocycles. The second-order valence-corrected chi connectivity index (χ2v) is 7.04. The zero-order valence-electron chi connectivity index (χ0n) is 12.6. The Hall–Kier alpha value is -0.610. The maximum absolute atomic E-state index is 12.7. The number of carbonyl (C=O) groups excluding carboxylic acids is 1. The van der Waals surface area contributed by atoms with E-state index in [0.29, 0.717) is 30.5 Å². The maximum Gasteiger partial charge on any atom is 0.237 e. The van der Waals surface area contributed by atoms with Crippen LogP contribution >= 0.6 is 0 Å². The van der Waals surface area contributed by atoms with Crippen molar-refractivity contribution in [2.24, 2.45) is 11.8 Å². The van der Waals surface area contributed by atoms with Crippen molar-refractivity contribution >= 4 is 5.91 Å². The number of hydrogen-bond donors (Lipinski definition) is 1. The smallest absolute Gasteiger partial charge is 0.237 e. The van der Waals surface area contributed by atoms with Crippen LogP contribution in [0.25, 0.3) is 0 Å². The Kier molecular flexibility index (Phi) is 4.32. The van der Waals surface area contributed by atoms with Gasteiger partial charge in [-0.2, -0.15) is 0 Å². The summed E-state index contributed by atoms with van der Waals surface area (Å²) in [6, 6.07) is 0.963. The SMILES string of the molecule is CC(C1CC1)N(C(=O)CN1CCCC(CO)C1)C1CC1. The van der Waals surface area contributed by atoms with Crippen molar-refractivity contribution in [3.05, 3.63) is 0 Å². The van der Waals surface area contributed by atoms with E-state index in [9.17, 15) is 9.90 Å². The monoisotopic (exact) mass is 280 g/mol. The highest BCUT2D eigenvalue weighted by Crippen LogP contribution is 2.39. The van der Waals surface area contributed by atoms with E-state index in [1.165, 1.54) is 25.7 Å². The Labute approximate surface area is 122 Å². The van der Waals surface area contributed by atoms with Crippen LogP contribution in [0.5, 0.6) is 0 Å². The lowest BCUT2D eigenvalue weighted by atomic mass is 9.99. The molecule has 4 heteroatoms. The molecule has 0 bridgehead atoms. The molecule has 4 nitrogen and oxygen atoms in total. The molecule has 1 aliphatic heterocycles. The van der Waals surface area contributed by atoms with Crippen LogP contribution in [0.4, 0.5) is 0 Å². The molecule has 0 aromatic heterocycles. The van der Waals surface area contributed by atoms with Crippen molar-refractivity contribution < 1.29 is 9.90 Å². The van der Waals surface area contributed by atoms with Crippen LogP contribution in [0.1, 0.15) is 45.4 Å². The minimum atomic E-state index is 0.259. The van der Waals surface area contributed by atoms with Crippen molar-refractivity contribution in [2.45, 2.75) is 57.5 Å². The van der Waals surface area contributed by atoms with Gasteiger partial charge in [-0.1, -0.05) is 0 Å². The first-order valence-corrected chi connectivity index (χ1v) is 8.33. The molecule has 0 spiro atoms. The molecule has 0 aromatic carbocycles. The number of piperidine rings is 1. The lowest BCUT2D eigenvalue weighted by Gasteiger charge is -2.35. The number of amides is 1. The van der Waals surface area contributed by atoms with Crippen LogP contribution in [0.2, 0.25) is 0 Å². The third kappa shape index (κ3) is 3.34. The van der Waals surface area contributed by atoms with Crippen molar-refractivity contribution in [3.63, 3.8) is 0 Å². The molecule has 20 heavy (non-hydrogen) atoms. The molecular formula is C16H28N2O2. The minimum absolute atomic E-state index is 0.259. The largest absolute Gasteiger partial charge is 0.396 e. The quantitative estimate of drug-likeness (QED) is 0.801. The lowest BCUT2D eigenvalue weighted by Crippen LogP contribution is -2.48. The molecule has 3 fully saturated rings. The molecule has 0 radical (unpaired) electrons. The van der Waals surface area contributed by atoms with Crippen molar-refractivity contribution in [1.29, 1.82) is 0 Å². The summed E-state index contributed by atoms with van der Waals surface area (Å²) in [7, 11) is 0. The van der Waals surface area contributed by atoms with Gasteiger partial charge in [0, 0.05) is 25.2 Å². The van der Waals surface area contributed by atoms with Gasteiger partial charge in [0.15, 0.2) is 0 Å². The Morgan fingerprint density at radius 2 is 2.05 bits per heavy atom. The molecule has 1 amide bonds. The molecule has 0 aromatic rings. The molecule has 3 aliphatic rings. The molecule has 1 saturated heterocycles. The van der Waals surface area contributed by atoms with E-state index in [1.807, 2.05) is 0 Å². The fourth-order valence-electron chi connectivity index (χ4n) is 3.64. The molecule has 2 aliphatic carbocycles. The third-order valence-corrected chi connectivity index (χ3v) is 5.19. The van der Waals surface area contributed by atoms with Gasteiger partial charge in [-0.3, -0.25) is 9.69 Å². The van der Waals surface area contributed by atoms with Crippen LogP contribution in [0.3, 0.4) is 0 Å². The first-order valence-electron chi connectivity index (χ1n) is 8.33. The van der Waals surface area contributed by atoms with Gasteiger partial charge in [-0.25, -0.2) is 0 Å². The molecular weight excluding hydrogens is 252 g/mol. The predicted molar refractivity (Wildman–Crippen MR) is 78.3 cm³/mol. The predicted octanol–water partition coefficient (Wildman–Crippen LogP) is 1.48. The number of rotatable bonds is 6. The van der Waals surface area contributed by atoms with Crippen molar-refractivity contribution in [1.82, 2.24) is 9.80 Å². The Bertz CT molecular complexity index is 352. The second kappa shape index (κ2) is 6.02. The highest BCUT2D eigenvalue weighted by Gasteiger charge is 2.41. The van der Waals surface area contributed by atoms with Gasteiger partial charge < -0.3 is 10.0 Å². The molecule has 2 unspecified atom stereocenters. The highest BCUT2D eigenvalue weighted by atomic mass is 16.3. The van der Waals surface area contributed by atoms with E-state index in [-0.39, 0.29) is 6.61 Å². The summed E-state index contributed by atoms with van der Waals surface area (Å²) in [5.41, 5.74) is 0.